The van der Waals surface area contributed by atoms with Crippen LogP contribution >= 0.6 is 0 Å². The number of hydrogen-bond acceptors (Lipinski definition) is 3. The van der Waals surface area contributed by atoms with Gasteiger partial charge in [-0.25, -0.2) is 4.79 Å². The summed E-state index contributed by atoms with van der Waals surface area (Å²) in [6.07, 6.45) is 5.67. The molecule has 4 nitrogen and oxygen atoms in total. The molecule has 1 saturated carbocycles. The average molecular weight is 302 g/mol. The van der Waals surface area contributed by atoms with Crippen molar-refractivity contribution in [2.75, 3.05) is 0 Å². The van der Waals surface area contributed by atoms with Crippen molar-refractivity contribution in [1.29, 1.82) is 5.41 Å². The van der Waals surface area contributed by atoms with Crippen LogP contribution in [0.4, 0.5) is 4.79 Å². The molecular weight excluding hydrogens is 276 g/mol. The van der Waals surface area contributed by atoms with E-state index in [0.717, 1.165) is 32.1 Å². The van der Waals surface area contributed by atoms with Crippen molar-refractivity contribution in [3.63, 3.8) is 0 Å². The minimum absolute atomic E-state index is 0.0844. The van der Waals surface area contributed by atoms with Crippen LogP contribution in [0.25, 0.3) is 0 Å². The lowest BCUT2D eigenvalue weighted by Gasteiger charge is -2.38. The Morgan fingerprint density at radius 1 is 1.23 bits per heavy atom. The summed E-state index contributed by atoms with van der Waals surface area (Å²) in [4.78, 5) is 12.2. The van der Waals surface area contributed by atoms with Crippen LogP contribution in [-0.4, -0.2) is 17.5 Å². The molecule has 1 aliphatic rings. The molecule has 1 aromatic carbocycles. The van der Waals surface area contributed by atoms with Gasteiger partial charge in [0.05, 0.1) is 0 Å². The predicted octanol–water partition coefficient (Wildman–Crippen LogP) is 4.49. The van der Waals surface area contributed by atoms with Gasteiger partial charge in [0.1, 0.15) is 11.4 Å². The fourth-order valence-electron chi connectivity index (χ4n) is 3.29. The maximum Gasteiger partial charge on any atom is 0.413 e. The molecule has 0 radical (unpaired) electrons. The Morgan fingerprint density at radius 2 is 1.86 bits per heavy atom. The molecule has 1 aliphatic carbocycles. The summed E-state index contributed by atoms with van der Waals surface area (Å²) in [5.41, 5.74) is 0.328. The van der Waals surface area contributed by atoms with E-state index >= 15 is 0 Å². The van der Waals surface area contributed by atoms with Crippen molar-refractivity contribution in [3.8, 4) is 0 Å². The van der Waals surface area contributed by atoms with Crippen molar-refractivity contribution in [3.05, 3.63) is 35.9 Å². The highest BCUT2D eigenvalue weighted by molar-refractivity contribution is 6.04. The molecule has 0 heterocycles. The van der Waals surface area contributed by atoms with Crippen LogP contribution in [0.1, 0.15) is 57.9 Å². The number of alkyl carbamates (subject to hydrolysis) is 1. The molecule has 0 aliphatic heterocycles. The van der Waals surface area contributed by atoms with Gasteiger partial charge in [-0.15, -0.1) is 0 Å². The Hall–Kier alpha value is -1.84. The highest BCUT2D eigenvalue weighted by atomic mass is 16.6. The molecule has 1 fully saturated rings. The molecule has 120 valence electrons. The fourth-order valence-corrected chi connectivity index (χ4v) is 3.29. The molecule has 0 saturated heterocycles. The number of carbonyl (C=O) groups excluding carboxylic acids is 1. The third-order valence-corrected chi connectivity index (χ3v) is 4.14. The number of nitrogens with one attached hydrogen (secondary N) is 2. The Balaban J connectivity index is 1.97. The van der Waals surface area contributed by atoms with E-state index in [-0.39, 0.29) is 11.4 Å². The van der Waals surface area contributed by atoms with E-state index in [1.165, 1.54) is 6.42 Å². The lowest BCUT2D eigenvalue weighted by Crippen LogP contribution is -2.43. The van der Waals surface area contributed by atoms with Gasteiger partial charge in [0.2, 0.25) is 0 Å². The molecule has 1 amide bonds. The topological polar surface area (TPSA) is 62.2 Å². The molecule has 1 aromatic rings. The highest BCUT2D eigenvalue weighted by Crippen LogP contribution is 2.36. The summed E-state index contributed by atoms with van der Waals surface area (Å²) >= 11 is 0. The lowest BCUT2D eigenvalue weighted by atomic mass is 9.79. The fraction of sp³-hybridized carbons (Fsp3) is 0.556. The Kier molecular flexibility index (Phi) is 5.58. The number of rotatable bonds is 4. The van der Waals surface area contributed by atoms with Gasteiger partial charge in [0, 0.05) is 5.56 Å². The molecule has 0 unspecified atom stereocenters. The molecule has 0 aromatic heterocycles. The summed E-state index contributed by atoms with van der Waals surface area (Å²) < 4.78 is 5.79. The first-order valence-electron chi connectivity index (χ1n) is 8.15. The number of benzene rings is 1. The second-order valence-corrected chi connectivity index (χ2v) is 6.60. The summed E-state index contributed by atoms with van der Waals surface area (Å²) in [5.74, 6) is 0.570. The first kappa shape index (κ1) is 16.5. The monoisotopic (exact) mass is 302 g/mol. The molecule has 2 rings (SSSR count). The second-order valence-electron chi connectivity index (χ2n) is 6.60. The van der Waals surface area contributed by atoms with Gasteiger partial charge in [-0.1, -0.05) is 50.6 Å². The average Bonchev–Trinajstić information content (AvgIpc) is 2.47. The van der Waals surface area contributed by atoms with Gasteiger partial charge in [-0.2, -0.15) is 0 Å². The van der Waals surface area contributed by atoms with E-state index in [9.17, 15) is 4.79 Å². The van der Waals surface area contributed by atoms with E-state index in [2.05, 4.69) is 19.2 Å². The zero-order chi connectivity index (χ0) is 16.0. The largest absolute Gasteiger partial charge is 0.443 e. The maximum atomic E-state index is 12.2. The van der Waals surface area contributed by atoms with Gasteiger partial charge in [-0.05, 0) is 38.0 Å². The summed E-state index contributed by atoms with van der Waals surface area (Å²) in [6.45, 7) is 4.31. The van der Waals surface area contributed by atoms with Crippen LogP contribution in [-0.2, 0) is 4.74 Å². The van der Waals surface area contributed by atoms with Crippen LogP contribution in [0.15, 0.2) is 30.3 Å². The first-order chi connectivity index (χ1) is 10.5. The second kappa shape index (κ2) is 7.43. The van der Waals surface area contributed by atoms with E-state index in [1.807, 2.05) is 18.2 Å². The maximum absolute atomic E-state index is 12.2. The minimum Gasteiger partial charge on any atom is -0.443 e. The molecule has 0 spiro atoms. The van der Waals surface area contributed by atoms with E-state index < -0.39 is 6.09 Å². The smallest absolute Gasteiger partial charge is 0.413 e. The SMILES string of the molecule is CC(C)CC1(OC(=O)NC(=N)c2ccccc2)CCCCC1. The zero-order valence-electron chi connectivity index (χ0n) is 13.5. The number of amides is 1. The van der Waals surface area contributed by atoms with Crippen LogP contribution in [0.3, 0.4) is 0 Å². The lowest BCUT2D eigenvalue weighted by molar-refractivity contribution is -0.0289. The molecule has 0 atom stereocenters. The van der Waals surface area contributed by atoms with Crippen molar-refractivity contribution in [2.45, 2.75) is 58.0 Å². The van der Waals surface area contributed by atoms with E-state index in [0.29, 0.717) is 11.5 Å². The van der Waals surface area contributed by atoms with Crippen LogP contribution in [0.5, 0.6) is 0 Å². The summed E-state index contributed by atoms with van der Waals surface area (Å²) in [6, 6.07) is 9.17. The number of carbonyl (C=O) groups is 1. The normalized spacial score (nSPS) is 17.0. The van der Waals surface area contributed by atoms with Gasteiger partial charge in [0.15, 0.2) is 0 Å². The van der Waals surface area contributed by atoms with Crippen molar-refractivity contribution >= 4 is 11.9 Å². The summed E-state index contributed by atoms with van der Waals surface area (Å²) in [5, 5.41) is 10.5. The van der Waals surface area contributed by atoms with Gasteiger partial charge in [0.25, 0.3) is 0 Å². The molecule has 0 bridgehead atoms. The molecule has 22 heavy (non-hydrogen) atoms. The van der Waals surface area contributed by atoms with Crippen molar-refractivity contribution in [1.82, 2.24) is 5.32 Å². The predicted molar refractivity (Wildman–Crippen MR) is 88.2 cm³/mol. The number of amidine groups is 1. The number of hydrogen-bond donors (Lipinski definition) is 2. The molecule has 4 heteroatoms. The van der Waals surface area contributed by atoms with Crippen LogP contribution in [0, 0.1) is 11.3 Å². The van der Waals surface area contributed by atoms with E-state index in [4.69, 9.17) is 10.1 Å². The standard InChI is InChI=1S/C18H26N2O2/c1-14(2)13-18(11-7-4-8-12-18)22-17(21)20-16(19)15-9-5-3-6-10-15/h3,5-6,9-10,14H,4,7-8,11-13H2,1-2H3,(H2,19,20,21). The highest BCUT2D eigenvalue weighted by Gasteiger charge is 2.36. The third kappa shape index (κ3) is 4.58. The van der Waals surface area contributed by atoms with E-state index in [1.54, 1.807) is 12.1 Å². The van der Waals surface area contributed by atoms with Crippen molar-refractivity contribution < 1.29 is 9.53 Å². The van der Waals surface area contributed by atoms with Crippen molar-refractivity contribution in [2.24, 2.45) is 5.92 Å². The zero-order valence-corrected chi connectivity index (χ0v) is 13.5. The first-order valence-corrected chi connectivity index (χ1v) is 8.15. The Labute approximate surface area is 132 Å². The van der Waals surface area contributed by atoms with Crippen LogP contribution < -0.4 is 5.32 Å². The molecular formula is C18H26N2O2. The Bertz CT molecular complexity index is 505. The minimum atomic E-state index is -0.503. The van der Waals surface area contributed by atoms with Crippen LogP contribution in [0.2, 0.25) is 0 Å². The van der Waals surface area contributed by atoms with Gasteiger partial charge >= 0.3 is 6.09 Å². The van der Waals surface area contributed by atoms with Gasteiger partial charge in [-0.3, -0.25) is 10.7 Å². The molecule has 2 N–H and O–H groups in total. The summed E-state index contributed by atoms with van der Waals surface area (Å²) in [7, 11) is 0. The quantitative estimate of drug-likeness (QED) is 0.636. The third-order valence-electron chi connectivity index (χ3n) is 4.14. The van der Waals surface area contributed by atoms with Gasteiger partial charge < -0.3 is 4.74 Å². The number of ether oxygens (including phenoxy) is 1. The Morgan fingerprint density at radius 3 is 2.45 bits per heavy atom.